The van der Waals surface area contributed by atoms with Gasteiger partial charge in [-0.1, -0.05) is 0 Å². The highest BCUT2D eigenvalue weighted by atomic mass is 16.5. The number of hydrogen-bond donors (Lipinski definition) is 2. The van der Waals surface area contributed by atoms with Crippen molar-refractivity contribution < 1.29 is 4.74 Å². The standard InChI is InChI=1S/C9H15N3O/c1-7-5-8(11-4-3-10)9(13-2)6-12-7/h5-6H,3-4,10H2,1-2H3,(H,11,12). The predicted octanol–water partition coefficient (Wildman–Crippen LogP) is 0.769. The van der Waals surface area contributed by atoms with Crippen LogP contribution in [-0.4, -0.2) is 25.2 Å². The molecule has 0 atom stereocenters. The molecule has 0 saturated carbocycles. The zero-order chi connectivity index (χ0) is 9.68. The molecule has 0 aliphatic carbocycles. The lowest BCUT2D eigenvalue weighted by Crippen LogP contribution is -2.13. The van der Waals surface area contributed by atoms with Gasteiger partial charge in [-0.05, 0) is 13.0 Å². The van der Waals surface area contributed by atoms with Crippen LogP contribution in [0.25, 0.3) is 0 Å². The number of rotatable bonds is 4. The van der Waals surface area contributed by atoms with E-state index in [1.54, 1.807) is 13.3 Å². The lowest BCUT2D eigenvalue weighted by atomic mass is 10.3. The Labute approximate surface area is 78.1 Å². The number of nitrogens with two attached hydrogens (primary N) is 1. The van der Waals surface area contributed by atoms with Crippen molar-refractivity contribution in [3.63, 3.8) is 0 Å². The number of aromatic nitrogens is 1. The maximum Gasteiger partial charge on any atom is 0.160 e. The highest BCUT2D eigenvalue weighted by Gasteiger charge is 2.01. The molecule has 0 aromatic carbocycles. The summed E-state index contributed by atoms with van der Waals surface area (Å²) in [5.74, 6) is 0.749. The Kier molecular flexibility index (Phi) is 3.52. The Morgan fingerprint density at radius 2 is 2.38 bits per heavy atom. The topological polar surface area (TPSA) is 60.2 Å². The van der Waals surface area contributed by atoms with E-state index >= 15 is 0 Å². The first-order valence-corrected chi connectivity index (χ1v) is 4.22. The Bertz CT molecular complexity index is 276. The number of nitrogens with zero attached hydrogens (tertiary/aromatic N) is 1. The van der Waals surface area contributed by atoms with Crippen LogP contribution in [0, 0.1) is 6.92 Å². The summed E-state index contributed by atoms with van der Waals surface area (Å²) in [6.45, 7) is 3.28. The fraction of sp³-hybridized carbons (Fsp3) is 0.444. The number of methoxy groups -OCH3 is 1. The van der Waals surface area contributed by atoms with Crippen LogP contribution in [0.3, 0.4) is 0 Å². The lowest BCUT2D eigenvalue weighted by Gasteiger charge is -2.10. The Morgan fingerprint density at radius 1 is 1.62 bits per heavy atom. The third-order valence-electron chi connectivity index (χ3n) is 1.68. The second kappa shape index (κ2) is 4.67. The van der Waals surface area contributed by atoms with E-state index in [4.69, 9.17) is 10.5 Å². The van der Waals surface area contributed by atoms with Gasteiger partial charge in [0.2, 0.25) is 0 Å². The van der Waals surface area contributed by atoms with Gasteiger partial charge in [-0.3, -0.25) is 4.98 Å². The van der Waals surface area contributed by atoms with Gasteiger partial charge in [-0.15, -0.1) is 0 Å². The van der Waals surface area contributed by atoms with Crippen LogP contribution in [0.4, 0.5) is 5.69 Å². The van der Waals surface area contributed by atoms with E-state index in [-0.39, 0.29) is 0 Å². The fourth-order valence-corrected chi connectivity index (χ4v) is 1.05. The van der Waals surface area contributed by atoms with Crippen molar-refractivity contribution in [3.05, 3.63) is 18.0 Å². The van der Waals surface area contributed by atoms with Gasteiger partial charge in [0.1, 0.15) is 0 Å². The molecule has 1 rings (SSSR count). The van der Waals surface area contributed by atoms with Gasteiger partial charge in [-0.25, -0.2) is 0 Å². The number of pyridine rings is 1. The van der Waals surface area contributed by atoms with Crippen molar-refractivity contribution in [3.8, 4) is 5.75 Å². The van der Waals surface area contributed by atoms with Crippen molar-refractivity contribution in [2.45, 2.75) is 6.92 Å². The zero-order valence-electron chi connectivity index (χ0n) is 8.00. The summed E-state index contributed by atoms with van der Waals surface area (Å²) in [6.07, 6.45) is 1.70. The van der Waals surface area contributed by atoms with Crippen LogP contribution in [0.15, 0.2) is 12.3 Å². The molecular weight excluding hydrogens is 166 g/mol. The first-order chi connectivity index (χ1) is 6.27. The second-order valence-electron chi connectivity index (χ2n) is 2.74. The smallest absolute Gasteiger partial charge is 0.160 e. The van der Waals surface area contributed by atoms with Crippen LogP contribution in [0.2, 0.25) is 0 Å². The van der Waals surface area contributed by atoms with E-state index in [0.29, 0.717) is 6.54 Å². The number of aryl methyl sites for hydroxylation is 1. The summed E-state index contributed by atoms with van der Waals surface area (Å²) in [5, 5.41) is 3.16. The molecule has 3 N–H and O–H groups in total. The van der Waals surface area contributed by atoms with Gasteiger partial charge in [0, 0.05) is 18.8 Å². The second-order valence-corrected chi connectivity index (χ2v) is 2.74. The van der Waals surface area contributed by atoms with Crippen molar-refractivity contribution in [1.29, 1.82) is 0 Å². The molecule has 0 saturated heterocycles. The number of ether oxygens (including phenoxy) is 1. The van der Waals surface area contributed by atoms with Crippen LogP contribution in [0.1, 0.15) is 5.69 Å². The van der Waals surface area contributed by atoms with Gasteiger partial charge in [0.25, 0.3) is 0 Å². The van der Waals surface area contributed by atoms with Crippen molar-refractivity contribution in [2.75, 3.05) is 25.5 Å². The van der Waals surface area contributed by atoms with E-state index in [0.717, 1.165) is 23.7 Å². The Balaban J connectivity index is 2.81. The third-order valence-corrected chi connectivity index (χ3v) is 1.68. The molecule has 0 aliphatic rings. The van der Waals surface area contributed by atoms with E-state index in [2.05, 4.69) is 10.3 Å². The lowest BCUT2D eigenvalue weighted by molar-refractivity contribution is 0.414. The van der Waals surface area contributed by atoms with E-state index in [9.17, 15) is 0 Å². The Hall–Kier alpha value is -1.29. The van der Waals surface area contributed by atoms with Crippen LogP contribution in [-0.2, 0) is 0 Å². The largest absolute Gasteiger partial charge is 0.493 e. The minimum absolute atomic E-state index is 0.602. The van der Waals surface area contributed by atoms with Crippen LogP contribution < -0.4 is 15.8 Å². The highest BCUT2D eigenvalue weighted by molar-refractivity contribution is 5.55. The first kappa shape index (κ1) is 9.80. The summed E-state index contributed by atoms with van der Waals surface area (Å²) in [5.41, 5.74) is 7.29. The molecule has 1 aromatic heterocycles. The van der Waals surface area contributed by atoms with Crippen molar-refractivity contribution >= 4 is 5.69 Å². The van der Waals surface area contributed by atoms with E-state index < -0.39 is 0 Å². The SMILES string of the molecule is COc1cnc(C)cc1NCCN. The van der Waals surface area contributed by atoms with Gasteiger partial charge < -0.3 is 15.8 Å². The summed E-state index contributed by atoms with van der Waals surface area (Å²) in [7, 11) is 1.62. The minimum atomic E-state index is 0.602. The van der Waals surface area contributed by atoms with Crippen LogP contribution in [0.5, 0.6) is 5.75 Å². The highest BCUT2D eigenvalue weighted by Crippen LogP contribution is 2.22. The summed E-state index contributed by atoms with van der Waals surface area (Å²) < 4.78 is 5.13. The molecule has 13 heavy (non-hydrogen) atoms. The molecule has 0 radical (unpaired) electrons. The fourth-order valence-electron chi connectivity index (χ4n) is 1.05. The number of anilines is 1. The first-order valence-electron chi connectivity index (χ1n) is 4.22. The third kappa shape index (κ3) is 2.59. The molecule has 0 amide bonds. The van der Waals surface area contributed by atoms with E-state index in [1.165, 1.54) is 0 Å². The maximum atomic E-state index is 5.39. The molecule has 4 heteroatoms. The summed E-state index contributed by atoms with van der Waals surface area (Å²) >= 11 is 0. The van der Waals surface area contributed by atoms with Gasteiger partial charge in [-0.2, -0.15) is 0 Å². The van der Waals surface area contributed by atoms with Crippen LogP contribution >= 0.6 is 0 Å². The van der Waals surface area contributed by atoms with Gasteiger partial charge in [0.15, 0.2) is 5.75 Å². The molecule has 0 unspecified atom stereocenters. The number of hydrogen-bond acceptors (Lipinski definition) is 4. The molecule has 4 nitrogen and oxygen atoms in total. The van der Waals surface area contributed by atoms with Gasteiger partial charge >= 0.3 is 0 Å². The average Bonchev–Trinajstić information content (AvgIpc) is 2.15. The summed E-state index contributed by atoms with van der Waals surface area (Å²) in [4.78, 5) is 4.12. The normalized spacial score (nSPS) is 9.77. The monoisotopic (exact) mass is 181 g/mol. The zero-order valence-corrected chi connectivity index (χ0v) is 8.00. The summed E-state index contributed by atoms with van der Waals surface area (Å²) in [6, 6.07) is 1.94. The molecule has 0 bridgehead atoms. The molecule has 0 fully saturated rings. The minimum Gasteiger partial charge on any atom is -0.493 e. The Morgan fingerprint density at radius 3 is 3.00 bits per heavy atom. The quantitative estimate of drug-likeness (QED) is 0.720. The maximum absolute atomic E-state index is 5.39. The predicted molar refractivity (Wildman–Crippen MR) is 53.1 cm³/mol. The number of nitrogens with one attached hydrogen (secondary N) is 1. The average molecular weight is 181 g/mol. The van der Waals surface area contributed by atoms with Crippen molar-refractivity contribution in [2.24, 2.45) is 5.73 Å². The molecule has 0 spiro atoms. The molecule has 1 heterocycles. The molecular formula is C9H15N3O. The van der Waals surface area contributed by atoms with Gasteiger partial charge in [0.05, 0.1) is 19.0 Å². The molecule has 72 valence electrons. The van der Waals surface area contributed by atoms with E-state index in [1.807, 2.05) is 13.0 Å². The molecule has 0 aliphatic heterocycles. The van der Waals surface area contributed by atoms with Crippen molar-refractivity contribution in [1.82, 2.24) is 4.98 Å². The molecule has 1 aromatic rings.